The zero-order valence-corrected chi connectivity index (χ0v) is 5.95. The molecular weight excluding hydrogens is 149 g/mol. The van der Waals surface area contributed by atoms with E-state index in [4.69, 9.17) is 0 Å². The molecule has 1 aromatic heterocycles. The second-order valence-corrected chi connectivity index (χ2v) is 2.60. The van der Waals surface area contributed by atoms with E-state index in [-0.39, 0.29) is 8.46 Å². The summed E-state index contributed by atoms with van der Waals surface area (Å²) in [5.74, 6) is 0.651. The molecule has 1 aromatic rings. The van der Waals surface area contributed by atoms with Gasteiger partial charge in [-0.25, -0.2) is 9.98 Å². The number of hydrogen-bond donors (Lipinski definition) is 0. The van der Waals surface area contributed by atoms with Crippen LogP contribution in [0.15, 0.2) is 11.2 Å². The van der Waals surface area contributed by atoms with E-state index in [0.717, 1.165) is 6.54 Å². The lowest BCUT2D eigenvalue weighted by molar-refractivity contribution is 0.602. The van der Waals surface area contributed by atoms with Gasteiger partial charge in [0.05, 0.1) is 6.54 Å². The highest BCUT2D eigenvalue weighted by molar-refractivity contribution is 7.33. The van der Waals surface area contributed by atoms with E-state index >= 15 is 0 Å². The first kappa shape index (κ1) is 5.74. The second kappa shape index (κ2) is 1.99. The van der Waals surface area contributed by atoms with Crippen molar-refractivity contribution in [1.29, 1.82) is 0 Å². The Bertz CT molecular complexity index is 304. The van der Waals surface area contributed by atoms with Gasteiger partial charge in [0, 0.05) is 12.4 Å². The van der Waals surface area contributed by atoms with Gasteiger partial charge >= 0.3 is 0 Å². The first-order valence-electron chi connectivity index (χ1n) is 2.83. The Morgan fingerprint density at radius 3 is 3.30 bits per heavy atom. The molecular formula is C5H4N3OP. The first-order chi connectivity index (χ1) is 4.90. The molecule has 0 aromatic carbocycles. The molecule has 10 heavy (non-hydrogen) atoms. The Morgan fingerprint density at radius 1 is 1.70 bits per heavy atom. The Kier molecular flexibility index (Phi) is 1.14. The second-order valence-electron chi connectivity index (χ2n) is 1.95. The SMILES string of the molecule is O=Pc1cn2c(n1)N=CC2. The minimum absolute atomic E-state index is 0.0372. The van der Waals surface area contributed by atoms with Gasteiger partial charge < -0.3 is 4.57 Å². The van der Waals surface area contributed by atoms with Crippen molar-refractivity contribution in [3.8, 4) is 0 Å². The van der Waals surface area contributed by atoms with Gasteiger partial charge in [0.25, 0.3) is 0 Å². The van der Waals surface area contributed by atoms with E-state index in [2.05, 4.69) is 9.98 Å². The number of imidazole rings is 1. The molecule has 0 saturated heterocycles. The van der Waals surface area contributed by atoms with Crippen LogP contribution in [-0.2, 0) is 11.1 Å². The van der Waals surface area contributed by atoms with Gasteiger partial charge in [-0.1, -0.05) is 0 Å². The van der Waals surface area contributed by atoms with E-state index in [1.54, 1.807) is 12.4 Å². The quantitative estimate of drug-likeness (QED) is 0.552. The molecule has 5 heteroatoms. The molecule has 50 valence electrons. The summed E-state index contributed by atoms with van der Waals surface area (Å²) in [6.07, 6.45) is 3.50. The summed E-state index contributed by atoms with van der Waals surface area (Å²) in [5.41, 5.74) is 0.548. The van der Waals surface area contributed by atoms with E-state index < -0.39 is 0 Å². The van der Waals surface area contributed by atoms with Crippen molar-refractivity contribution in [1.82, 2.24) is 9.55 Å². The predicted molar refractivity (Wildman–Crippen MR) is 37.6 cm³/mol. The number of aromatic nitrogens is 2. The highest BCUT2D eigenvalue weighted by atomic mass is 31.1. The third-order valence-electron chi connectivity index (χ3n) is 1.32. The maximum absolute atomic E-state index is 10.3. The molecule has 0 N–H and O–H groups in total. The van der Waals surface area contributed by atoms with E-state index in [1.165, 1.54) is 0 Å². The number of aliphatic imine (C=N–C) groups is 1. The highest BCUT2D eigenvalue weighted by Gasteiger charge is 2.08. The van der Waals surface area contributed by atoms with E-state index in [9.17, 15) is 4.57 Å². The molecule has 0 radical (unpaired) electrons. The molecule has 2 heterocycles. The van der Waals surface area contributed by atoms with Crippen LogP contribution < -0.4 is 5.44 Å². The Labute approximate surface area is 58.8 Å². The maximum atomic E-state index is 10.3. The van der Waals surface area contributed by atoms with Crippen LogP contribution in [0.25, 0.3) is 0 Å². The lowest BCUT2D eigenvalue weighted by Crippen LogP contribution is -1.92. The fourth-order valence-electron chi connectivity index (χ4n) is 0.884. The van der Waals surface area contributed by atoms with Crippen molar-refractivity contribution in [3.05, 3.63) is 6.20 Å². The number of hydrogen-bond acceptors (Lipinski definition) is 3. The third kappa shape index (κ3) is 0.693. The molecule has 4 nitrogen and oxygen atoms in total. The zero-order valence-electron chi connectivity index (χ0n) is 5.06. The van der Waals surface area contributed by atoms with Gasteiger partial charge in [-0.3, -0.25) is 4.57 Å². The van der Waals surface area contributed by atoms with Gasteiger partial charge in [0.1, 0.15) is 0 Å². The van der Waals surface area contributed by atoms with E-state index in [0.29, 0.717) is 11.4 Å². The zero-order chi connectivity index (χ0) is 6.97. The van der Waals surface area contributed by atoms with Crippen molar-refractivity contribution in [2.45, 2.75) is 6.54 Å². The molecule has 0 amide bonds. The van der Waals surface area contributed by atoms with Gasteiger partial charge in [0.15, 0.2) is 5.44 Å². The smallest absolute Gasteiger partial charge is 0.230 e. The lowest BCUT2D eigenvalue weighted by Gasteiger charge is -1.86. The van der Waals surface area contributed by atoms with E-state index in [1.807, 2.05) is 4.57 Å². The Balaban J connectivity index is 2.54. The molecule has 0 bridgehead atoms. The Morgan fingerprint density at radius 2 is 2.60 bits per heavy atom. The third-order valence-corrected chi connectivity index (χ3v) is 1.72. The van der Waals surface area contributed by atoms with Crippen LogP contribution in [-0.4, -0.2) is 15.8 Å². The summed E-state index contributed by atoms with van der Waals surface area (Å²) in [7, 11) is -0.0372. The van der Waals surface area contributed by atoms with Crippen molar-refractivity contribution in [2.75, 3.05) is 0 Å². The average Bonchev–Trinajstić information content (AvgIpc) is 2.42. The minimum atomic E-state index is -0.0372. The molecule has 0 fully saturated rings. The first-order valence-corrected chi connectivity index (χ1v) is 3.64. The van der Waals surface area contributed by atoms with Gasteiger partial charge in [-0.15, -0.1) is 0 Å². The summed E-state index contributed by atoms with van der Waals surface area (Å²) < 4.78 is 12.1. The number of fused-ring (bicyclic) bond motifs is 1. The van der Waals surface area contributed by atoms with Gasteiger partial charge in [0.2, 0.25) is 14.4 Å². The molecule has 2 rings (SSSR count). The van der Waals surface area contributed by atoms with Crippen LogP contribution in [0.1, 0.15) is 0 Å². The predicted octanol–water partition coefficient (Wildman–Crippen LogP) is 0.516. The lowest BCUT2D eigenvalue weighted by atomic mass is 10.7. The largest absolute Gasteiger partial charge is 0.309 e. The summed E-state index contributed by atoms with van der Waals surface area (Å²) in [4.78, 5) is 7.90. The summed E-state index contributed by atoms with van der Waals surface area (Å²) in [6, 6.07) is 0. The van der Waals surface area contributed by atoms with Crippen LogP contribution in [0.2, 0.25) is 0 Å². The molecule has 1 aliphatic heterocycles. The molecule has 1 aliphatic rings. The monoisotopic (exact) mass is 153 g/mol. The summed E-state index contributed by atoms with van der Waals surface area (Å²) in [6.45, 7) is 0.748. The fourth-order valence-corrected chi connectivity index (χ4v) is 1.20. The maximum Gasteiger partial charge on any atom is 0.230 e. The highest BCUT2D eigenvalue weighted by Crippen LogP contribution is 2.12. The van der Waals surface area contributed by atoms with Crippen molar-refractivity contribution in [2.24, 2.45) is 4.99 Å². The minimum Gasteiger partial charge on any atom is -0.309 e. The van der Waals surface area contributed by atoms with Crippen molar-refractivity contribution >= 4 is 26.1 Å². The standard InChI is InChI=1S/C5H4N3OP/c9-10-4-3-8-2-1-6-5(8)7-4/h1,3H,2H2. The number of nitrogens with zero attached hydrogens (tertiary/aromatic N) is 3. The molecule has 0 saturated carbocycles. The molecule has 0 atom stereocenters. The van der Waals surface area contributed by atoms with Gasteiger partial charge in [-0.2, -0.15) is 0 Å². The molecule has 0 aliphatic carbocycles. The summed E-state index contributed by atoms with van der Waals surface area (Å²) in [5, 5.41) is 0. The number of rotatable bonds is 1. The van der Waals surface area contributed by atoms with Crippen LogP contribution in [0.3, 0.4) is 0 Å². The molecule has 0 spiro atoms. The molecule has 0 unspecified atom stereocenters. The van der Waals surface area contributed by atoms with Crippen LogP contribution in [0, 0.1) is 0 Å². The summed E-state index contributed by atoms with van der Waals surface area (Å²) >= 11 is 0. The average molecular weight is 153 g/mol. The normalized spacial score (nSPS) is 14.4. The fraction of sp³-hybridized carbons (Fsp3) is 0.200. The van der Waals surface area contributed by atoms with Crippen LogP contribution >= 0.6 is 8.46 Å². The van der Waals surface area contributed by atoms with Gasteiger partial charge in [-0.05, 0) is 0 Å². The Hall–Kier alpha value is -1.02. The van der Waals surface area contributed by atoms with Crippen molar-refractivity contribution < 1.29 is 4.57 Å². The topological polar surface area (TPSA) is 47.2 Å². The van der Waals surface area contributed by atoms with Crippen molar-refractivity contribution in [3.63, 3.8) is 0 Å². The van der Waals surface area contributed by atoms with Crippen LogP contribution in [0.4, 0.5) is 5.95 Å². The van der Waals surface area contributed by atoms with Crippen LogP contribution in [0.5, 0.6) is 0 Å².